The Kier molecular flexibility index (Phi) is 3.68. The third-order valence-corrected chi connectivity index (χ3v) is 5.58. The predicted octanol–water partition coefficient (Wildman–Crippen LogP) is 4.00. The molecule has 2 nitrogen and oxygen atoms in total. The lowest BCUT2D eigenvalue weighted by Gasteiger charge is -2.51. The van der Waals surface area contributed by atoms with Gasteiger partial charge in [-0.2, -0.15) is 0 Å². The monoisotopic (exact) mass is 251 g/mol. The highest BCUT2D eigenvalue weighted by molar-refractivity contribution is 4.99. The van der Waals surface area contributed by atoms with E-state index in [2.05, 4.69) is 12.2 Å². The second kappa shape index (κ2) is 5.13. The van der Waals surface area contributed by atoms with Gasteiger partial charge < -0.3 is 4.74 Å². The first-order valence-electron chi connectivity index (χ1n) is 8.15. The molecule has 2 atom stereocenters. The summed E-state index contributed by atoms with van der Waals surface area (Å²) < 4.78 is 6.25. The Hall–Kier alpha value is -0.0800. The first kappa shape index (κ1) is 12.9. The van der Waals surface area contributed by atoms with Crippen LogP contribution in [-0.2, 0) is 4.74 Å². The van der Waals surface area contributed by atoms with E-state index in [0.29, 0.717) is 5.54 Å². The molecule has 2 saturated carbocycles. The molecular formula is C16H29NO. The molecule has 0 bridgehead atoms. The highest BCUT2D eigenvalue weighted by Gasteiger charge is 2.45. The zero-order chi connectivity index (χ0) is 12.5. The van der Waals surface area contributed by atoms with Crippen LogP contribution in [0.5, 0.6) is 0 Å². The maximum Gasteiger partial charge on any atom is 0.119 e. The summed E-state index contributed by atoms with van der Waals surface area (Å²) in [4.78, 5) is 0. The number of hydrogen-bond donors (Lipinski definition) is 1. The molecular weight excluding hydrogens is 222 g/mol. The van der Waals surface area contributed by atoms with E-state index < -0.39 is 0 Å². The summed E-state index contributed by atoms with van der Waals surface area (Å²) in [7, 11) is 0. The quantitative estimate of drug-likeness (QED) is 0.702. The molecule has 2 aliphatic carbocycles. The van der Waals surface area contributed by atoms with Gasteiger partial charge in [-0.15, -0.1) is 0 Å². The van der Waals surface area contributed by atoms with Crippen LogP contribution >= 0.6 is 0 Å². The average Bonchev–Trinajstić information content (AvgIpc) is 2.53. The molecule has 104 valence electrons. The van der Waals surface area contributed by atoms with Crippen molar-refractivity contribution in [3.8, 4) is 0 Å². The minimum Gasteiger partial charge on any atom is -0.361 e. The largest absolute Gasteiger partial charge is 0.361 e. The van der Waals surface area contributed by atoms with E-state index in [1.165, 1.54) is 70.6 Å². The molecule has 1 N–H and O–H groups in total. The van der Waals surface area contributed by atoms with Gasteiger partial charge in [0.15, 0.2) is 0 Å². The zero-order valence-electron chi connectivity index (χ0n) is 12.0. The smallest absolute Gasteiger partial charge is 0.119 e. The Morgan fingerprint density at radius 2 is 1.72 bits per heavy atom. The predicted molar refractivity (Wildman–Crippen MR) is 74.5 cm³/mol. The van der Waals surface area contributed by atoms with Crippen LogP contribution in [-0.4, -0.2) is 17.9 Å². The Morgan fingerprint density at radius 3 is 2.56 bits per heavy atom. The molecule has 1 saturated heterocycles. The lowest BCUT2D eigenvalue weighted by Crippen LogP contribution is -2.64. The van der Waals surface area contributed by atoms with Crippen LogP contribution in [0.2, 0.25) is 0 Å². The molecule has 2 spiro atoms. The molecule has 18 heavy (non-hydrogen) atoms. The van der Waals surface area contributed by atoms with Crippen molar-refractivity contribution >= 4 is 0 Å². The topological polar surface area (TPSA) is 21.3 Å². The summed E-state index contributed by atoms with van der Waals surface area (Å²) in [5.41, 5.74) is 0.477. The van der Waals surface area contributed by atoms with Crippen LogP contribution in [0.25, 0.3) is 0 Å². The van der Waals surface area contributed by atoms with Crippen molar-refractivity contribution in [1.29, 1.82) is 0 Å². The molecule has 2 heteroatoms. The lowest BCUT2D eigenvalue weighted by molar-refractivity contribution is -0.147. The van der Waals surface area contributed by atoms with E-state index in [4.69, 9.17) is 4.74 Å². The van der Waals surface area contributed by atoms with Gasteiger partial charge >= 0.3 is 0 Å². The fourth-order valence-corrected chi connectivity index (χ4v) is 4.38. The third-order valence-electron chi connectivity index (χ3n) is 5.58. The first-order chi connectivity index (χ1) is 8.72. The van der Waals surface area contributed by atoms with Gasteiger partial charge in [0.1, 0.15) is 5.72 Å². The first-order valence-corrected chi connectivity index (χ1v) is 8.15. The van der Waals surface area contributed by atoms with Gasteiger partial charge in [0.25, 0.3) is 0 Å². The fourth-order valence-electron chi connectivity index (χ4n) is 4.38. The highest BCUT2D eigenvalue weighted by Crippen LogP contribution is 2.41. The Bertz CT molecular complexity index is 279. The van der Waals surface area contributed by atoms with Crippen molar-refractivity contribution in [3.05, 3.63) is 0 Å². The van der Waals surface area contributed by atoms with Crippen LogP contribution in [0.1, 0.15) is 77.6 Å². The van der Waals surface area contributed by atoms with E-state index in [1.807, 2.05) is 0 Å². The standard InChI is InChI=1S/C16H29NO/c1-14-6-5-10-16(11-7-14)17-15(12-13-18-16)8-3-2-4-9-15/h14,17H,2-13H2,1H3. The minimum absolute atomic E-state index is 0.0420. The Balaban J connectivity index is 1.71. The summed E-state index contributed by atoms with van der Waals surface area (Å²) in [6, 6.07) is 0. The number of rotatable bonds is 0. The van der Waals surface area contributed by atoms with Crippen molar-refractivity contribution < 1.29 is 4.74 Å². The SMILES string of the molecule is CC1CCCC2(CC1)NC1(CCCCC1)CCO2. The van der Waals surface area contributed by atoms with Gasteiger partial charge in [0.2, 0.25) is 0 Å². The van der Waals surface area contributed by atoms with Crippen molar-refractivity contribution in [1.82, 2.24) is 5.32 Å². The molecule has 3 rings (SSSR count). The summed E-state index contributed by atoms with van der Waals surface area (Å²) in [6.45, 7) is 3.39. The van der Waals surface area contributed by atoms with Crippen LogP contribution < -0.4 is 5.32 Å². The van der Waals surface area contributed by atoms with Crippen molar-refractivity contribution in [2.24, 2.45) is 5.92 Å². The van der Waals surface area contributed by atoms with Crippen molar-refractivity contribution in [2.45, 2.75) is 88.8 Å². The van der Waals surface area contributed by atoms with Gasteiger partial charge in [-0.25, -0.2) is 0 Å². The molecule has 0 aromatic carbocycles. The normalized spacial score (nSPS) is 40.8. The maximum absolute atomic E-state index is 6.25. The summed E-state index contributed by atoms with van der Waals surface area (Å²) >= 11 is 0. The molecule has 2 unspecified atom stereocenters. The summed E-state index contributed by atoms with van der Waals surface area (Å²) in [6.07, 6.45) is 14.8. The summed E-state index contributed by atoms with van der Waals surface area (Å²) in [5.74, 6) is 0.888. The number of nitrogens with one attached hydrogen (secondary N) is 1. The third kappa shape index (κ3) is 2.60. The van der Waals surface area contributed by atoms with Crippen molar-refractivity contribution in [3.63, 3.8) is 0 Å². The maximum atomic E-state index is 6.25. The molecule has 0 radical (unpaired) electrons. The van der Waals surface area contributed by atoms with E-state index in [1.54, 1.807) is 0 Å². The second-order valence-electron chi connectivity index (χ2n) is 7.09. The second-order valence-corrected chi connectivity index (χ2v) is 7.09. The van der Waals surface area contributed by atoms with Crippen LogP contribution in [0.4, 0.5) is 0 Å². The van der Waals surface area contributed by atoms with Gasteiger partial charge in [-0.05, 0) is 50.9 Å². The van der Waals surface area contributed by atoms with Crippen LogP contribution in [0, 0.1) is 5.92 Å². The Labute approximate surface area is 112 Å². The van der Waals surface area contributed by atoms with Gasteiger partial charge in [-0.1, -0.05) is 32.6 Å². The molecule has 1 aliphatic heterocycles. The van der Waals surface area contributed by atoms with Crippen LogP contribution in [0.15, 0.2) is 0 Å². The average molecular weight is 251 g/mol. The fraction of sp³-hybridized carbons (Fsp3) is 1.00. The molecule has 3 fully saturated rings. The Morgan fingerprint density at radius 1 is 0.889 bits per heavy atom. The number of ether oxygens (including phenoxy) is 1. The highest BCUT2D eigenvalue weighted by atomic mass is 16.5. The minimum atomic E-state index is 0.0420. The summed E-state index contributed by atoms with van der Waals surface area (Å²) in [5, 5.41) is 4.02. The van der Waals surface area contributed by atoms with E-state index in [9.17, 15) is 0 Å². The van der Waals surface area contributed by atoms with E-state index in [-0.39, 0.29) is 5.72 Å². The van der Waals surface area contributed by atoms with E-state index >= 15 is 0 Å². The molecule has 3 aliphatic rings. The van der Waals surface area contributed by atoms with E-state index in [0.717, 1.165) is 12.5 Å². The van der Waals surface area contributed by atoms with Gasteiger partial charge in [0, 0.05) is 5.54 Å². The lowest BCUT2D eigenvalue weighted by atomic mass is 9.77. The molecule has 0 aromatic heterocycles. The van der Waals surface area contributed by atoms with Crippen molar-refractivity contribution in [2.75, 3.05) is 6.61 Å². The number of hydrogen-bond acceptors (Lipinski definition) is 2. The zero-order valence-corrected chi connectivity index (χ0v) is 12.0. The van der Waals surface area contributed by atoms with Gasteiger partial charge in [0.05, 0.1) is 6.61 Å². The molecule has 1 heterocycles. The van der Waals surface area contributed by atoms with Crippen LogP contribution in [0.3, 0.4) is 0 Å². The molecule has 0 aromatic rings. The molecule has 0 amide bonds. The van der Waals surface area contributed by atoms with Gasteiger partial charge in [-0.3, -0.25) is 5.32 Å².